The number of carbonyl (C=O) groups is 1. The zero-order valence-electron chi connectivity index (χ0n) is 10.9. The summed E-state index contributed by atoms with van der Waals surface area (Å²) >= 11 is 0. The quantitative estimate of drug-likeness (QED) is 0.856. The van der Waals surface area contributed by atoms with Crippen LogP contribution >= 0.6 is 0 Å². The topological polar surface area (TPSA) is 66.9 Å². The Morgan fingerprint density at radius 3 is 2.78 bits per heavy atom. The molecule has 1 aromatic rings. The average molecular weight is 248 g/mol. The van der Waals surface area contributed by atoms with Gasteiger partial charge in [0.05, 0.1) is 12.4 Å². The Balaban J connectivity index is 1.94. The zero-order valence-corrected chi connectivity index (χ0v) is 10.9. The molecule has 0 bridgehead atoms. The monoisotopic (exact) mass is 248 g/mol. The molecule has 1 aliphatic carbocycles. The molecule has 0 aromatic carbocycles. The molecule has 2 unspecified atom stereocenters. The molecule has 2 rings (SSSR count). The Bertz CT molecular complexity index is 404. The first-order chi connectivity index (χ1) is 8.69. The van der Waals surface area contributed by atoms with Gasteiger partial charge in [0, 0.05) is 13.1 Å². The number of hydrogen-bond acceptors (Lipinski definition) is 4. The first kappa shape index (κ1) is 12.8. The fourth-order valence-corrected chi connectivity index (χ4v) is 2.40. The van der Waals surface area contributed by atoms with E-state index in [1.807, 2.05) is 0 Å². The van der Waals surface area contributed by atoms with Gasteiger partial charge in [-0.15, -0.1) is 0 Å². The van der Waals surface area contributed by atoms with E-state index in [4.69, 9.17) is 0 Å². The van der Waals surface area contributed by atoms with Crippen LogP contribution in [0, 0.1) is 5.92 Å². The Morgan fingerprint density at radius 2 is 2.17 bits per heavy atom. The summed E-state index contributed by atoms with van der Waals surface area (Å²) in [7, 11) is 1.77. The minimum absolute atomic E-state index is 0.121. The summed E-state index contributed by atoms with van der Waals surface area (Å²) in [4.78, 5) is 20.2. The van der Waals surface area contributed by atoms with Crippen molar-refractivity contribution < 1.29 is 4.79 Å². The van der Waals surface area contributed by atoms with E-state index >= 15 is 0 Å². The van der Waals surface area contributed by atoms with Crippen LogP contribution in [0.3, 0.4) is 0 Å². The molecule has 1 saturated carbocycles. The van der Waals surface area contributed by atoms with E-state index in [1.54, 1.807) is 13.2 Å². The van der Waals surface area contributed by atoms with Gasteiger partial charge in [0.2, 0.25) is 0 Å². The van der Waals surface area contributed by atoms with Gasteiger partial charge < -0.3 is 10.6 Å². The molecule has 1 amide bonds. The van der Waals surface area contributed by atoms with Crippen molar-refractivity contribution in [2.24, 2.45) is 5.92 Å². The maximum absolute atomic E-state index is 12.0. The molecule has 18 heavy (non-hydrogen) atoms. The van der Waals surface area contributed by atoms with Crippen molar-refractivity contribution in [2.75, 3.05) is 12.4 Å². The summed E-state index contributed by atoms with van der Waals surface area (Å²) in [5.41, 5.74) is 0.382. The highest BCUT2D eigenvalue weighted by Gasteiger charge is 2.21. The highest BCUT2D eigenvalue weighted by Crippen LogP contribution is 2.23. The molecule has 5 heteroatoms. The maximum Gasteiger partial charge on any atom is 0.271 e. The molecule has 0 spiro atoms. The smallest absolute Gasteiger partial charge is 0.271 e. The predicted molar refractivity (Wildman–Crippen MR) is 70.5 cm³/mol. The van der Waals surface area contributed by atoms with Gasteiger partial charge in [0.15, 0.2) is 0 Å². The third-order valence-electron chi connectivity index (χ3n) is 3.41. The lowest BCUT2D eigenvalue weighted by Gasteiger charge is -2.27. The van der Waals surface area contributed by atoms with Gasteiger partial charge in [0.25, 0.3) is 5.91 Å². The molecule has 0 saturated heterocycles. The molecule has 1 aliphatic rings. The number of nitrogens with one attached hydrogen (secondary N) is 2. The number of aromatic nitrogens is 2. The van der Waals surface area contributed by atoms with Crippen LogP contribution in [0.15, 0.2) is 12.4 Å². The minimum atomic E-state index is -0.121. The molecule has 2 atom stereocenters. The van der Waals surface area contributed by atoms with Gasteiger partial charge in [-0.1, -0.05) is 19.8 Å². The van der Waals surface area contributed by atoms with E-state index in [0.29, 0.717) is 17.4 Å². The van der Waals surface area contributed by atoms with E-state index in [1.165, 1.54) is 19.0 Å². The number of nitrogens with zero attached hydrogens (tertiary/aromatic N) is 2. The second-order valence-corrected chi connectivity index (χ2v) is 4.98. The average Bonchev–Trinajstić information content (AvgIpc) is 2.39. The number of amides is 1. The third-order valence-corrected chi connectivity index (χ3v) is 3.41. The molecule has 1 aromatic heterocycles. The second-order valence-electron chi connectivity index (χ2n) is 4.98. The standard InChI is InChI=1S/C13H20N4O/c1-9-4-3-5-10(6-9)17-13(18)11-7-16-12(14-2)8-15-11/h7-10H,3-6H2,1-2H3,(H,14,16)(H,17,18). The number of anilines is 1. The SMILES string of the molecule is CNc1cnc(C(=O)NC2CCCC(C)C2)cn1. The largest absolute Gasteiger partial charge is 0.372 e. The summed E-state index contributed by atoms with van der Waals surface area (Å²) < 4.78 is 0. The van der Waals surface area contributed by atoms with Gasteiger partial charge in [-0.05, 0) is 18.8 Å². The van der Waals surface area contributed by atoms with Crippen LogP contribution in [0.1, 0.15) is 43.1 Å². The van der Waals surface area contributed by atoms with Crippen LogP contribution in [-0.2, 0) is 0 Å². The molecule has 98 valence electrons. The van der Waals surface area contributed by atoms with Crippen LogP contribution in [-0.4, -0.2) is 29.0 Å². The Morgan fingerprint density at radius 1 is 1.33 bits per heavy atom. The van der Waals surface area contributed by atoms with E-state index < -0.39 is 0 Å². The summed E-state index contributed by atoms with van der Waals surface area (Å²) in [6, 6.07) is 0.284. The third kappa shape index (κ3) is 3.18. The van der Waals surface area contributed by atoms with Gasteiger partial charge in [-0.25, -0.2) is 9.97 Å². The lowest BCUT2D eigenvalue weighted by Crippen LogP contribution is -2.38. The van der Waals surface area contributed by atoms with Crippen molar-refractivity contribution in [3.05, 3.63) is 18.1 Å². The minimum Gasteiger partial charge on any atom is -0.372 e. The fraction of sp³-hybridized carbons (Fsp3) is 0.615. The second kappa shape index (κ2) is 5.80. The molecule has 1 fully saturated rings. The van der Waals surface area contributed by atoms with E-state index in [0.717, 1.165) is 12.8 Å². The lowest BCUT2D eigenvalue weighted by molar-refractivity contribution is 0.0916. The van der Waals surface area contributed by atoms with Crippen LogP contribution < -0.4 is 10.6 Å². The van der Waals surface area contributed by atoms with Gasteiger partial charge in [0.1, 0.15) is 11.5 Å². The molecule has 5 nitrogen and oxygen atoms in total. The van der Waals surface area contributed by atoms with Crippen molar-refractivity contribution in [1.82, 2.24) is 15.3 Å². The van der Waals surface area contributed by atoms with E-state index in [-0.39, 0.29) is 11.9 Å². The van der Waals surface area contributed by atoms with E-state index in [2.05, 4.69) is 27.5 Å². The summed E-state index contributed by atoms with van der Waals surface area (Å²) in [6.45, 7) is 2.24. The zero-order chi connectivity index (χ0) is 13.0. The number of carbonyl (C=O) groups excluding carboxylic acids is 1. The normalized spacial score (nSPS) is 23.4. The van der Waals surface area contributed by atoms with Crippen molar-refractivity contribution in [3.8, 4) is 0 Å². The Kier molecular flexibility index (Phi) is 4.12. The Labute approximate surface area is 107 Å². The lowest BCUT2D eigenvalue weighted by atomic mass is 9.87. The van der Waals surface area contributed by atoms with Crippen molar-refractivity contribution in [1.29, 1.82) is 0 Å². The Hall–Kier alpha value is -1.65. The molecular formula is C13H20N4O. The van der Waals surface area contributed by atoms with Crippen LogP contribution in [0.4, 0.5) is 5.82 Å². The molecular weight excluding hydrogens is 228 g/mol. The van der Waals surface area contributed by atoms with Gasteiger partial charge in [-0.3, -0.25) is 4.79 Å². The fourth-order valence-electron chi connectivity index (χ4n) is 2.40. The molecule has 1 heterocycles. The first-order valence-corrected chi connectivity index (χ1v) is 6.49. The highest BCUT2D eigenvalue weighted by molar-refractivity contribution is 5.92. The highest BCUT2D eigenvalue weighted by atomic mass is 16.1. The maximum atomic E-state index is 12.0. The molecule has 2 N–H and O–H groups in total. The van der Waals surface area contributed by atoms with Crippen molar-refractivity contribution >= 4 is 11.7 Å². The van der Waals surface area contributed by atoms with Gasteiger partial charge in [-0.2, -0.15) is 0 Å². The molecule has 0 radical (unpaired) electrons. The number of hydrogen-bond donors (Lipinski definition) is 2. The summed E-state index contributed by atoms with van der Waals surface area (Å²) in [5, 5.41) is 5.92. The van der Waals surface area contributed by atoms with Crippen molar-refractivity contribution in [2.45, 2.75) is 38.6 Å². The summed E-state index contributed by atoms with van der Waals surface area (Å²) in [5.74, 6) is 1.24. The summed E-state index contributed by atoms with van der Waals surface area (Å²) in [6.07, 6.45) is 7.66. The van der Waals surface area contributed by atoms with E-state index in [9.17, 15) is 4.79 Å². The van der Waals surface area contributed by atoms with Crippen molar-refractivity contribution in [3.63, 3.8) is 0 Å². The van der Waals surface area contributed by atoms with Crippen LogP contribution in [0.5, 0.6) is 0 Å². The van der Waals surface area contributed by atoms with Crippen LogP contribution in [0.25, 0.3) is 0 Å². The number of rotatable bonds is 3. The van der Waals surface area contributed by atoms with Gasteiger partial charge >= 0.3 is 0 Å². The van der Waals surface area contributed by atoms with Crippen LogP contribution in [0.2, 0.25) is 0 Å². The first-order valence-electron chi connectivity index (χ1n) is 6.49. The predicted octanol–water partition coefficient (Wildman–Crippen LogP) is 1.83. The molecule has 0 aliphatic heterocycles.